The van der Waals surface area contributed by atoms with Crippen LogP contribution < -0.4 is 14.8 Å². The summed E-state index contributed by atoms with van der Waals surface area (Å²) in [5, 5.41) is 14.0. The molecule has 0 saturated heterocycles. The molecule has 0 radical (unpaired) electrons. The number of methoxy groups -OCH3 is 1. The van der Waals surface area contributed by atoms with Gasteiger partial charge in [0.25, 0.3) is 11.6 Å². The van der Waals surface area contributed by atoms with Crippen molar-refractivity contribution < 1.29 is 19.2 Å². The predicted molar refractivity (Wildman–Crippen MR) is 89.8 cm³/mol. The van der Waals surface area contributed by atoms with Crippen molar-refractivity contribution in [2.24, 2.45) is 0 Å². The Labute approximate surface area is 143 Å². The lowest BCUT2D eigenvalue weighted by atomic mass is 10.2. The topological polar surface area (TPSA) is 90.7 Å². The van der Waals surface area contributed by atoms with E-state index in [0.29, 0.717) is 16.5 Å². The molecule has 1 N–H and O–H groups in total. The molecule has 126 valence electrons. The Hall–Kier alpha value is -2.80. The third kappa shape index (κ3) is 4.36. The molecule has 0 aliphatic rings. The van der Waals surface area contributed by atoms with Crippen molar-refractivity contribution in [1.29, 1.82) is 0 Å². The molecule has 0 heterocycles. The number of nitro benzene ring substituents is 1. The van der Waals surface area contributed by atoms with Crippen LogP contribution in [0.5, 0.6) is 11.5 Å². The molecule has 0 saturated carbocycles. The van der Waals surface area contributed by atoms with Crippen molar-refractivity contribution in [3.05, 3.63) is 57.6 Å². The fourth-order valence-electron chi connectivity index (χ4n) is 1.91. The molecule has 2 aromatic rings. The first-order valence-electron chi connectivity index (χ1n) is 6.96. The van der Waals surface area contributed by atoms with Gasteiger partial charge in [0, 0.05) is 17.2 Å². The number of nitrogens with zero attached hydrogens (tertiary/aromatic N) is 1. The molecule has 7 nitrogen and oxygen atoms in total. The fourth-order valence-corrected chi connectivity index (χ4v) is 2.04. The normalized spacial score (nSPS) is 11.5. The molecule has 1 atom stereocenters. The van der Waals surface area contributed by atoms with E-state index in [1.165, 1.54) is 25.3 Å². The summed E-state index contributed by atoms with van der Waals surface area (Å²) in [5.74, 6) is 0.324. The first-order valence-corrected chi connectivity index (χ1v) is 7.34. The monoisotopic (exact) mass is 350 g/mol. The summed E-state index contributed by atoms with van der Waals surface area (Å²) in [6.07, 6.45) is -0.824. The van der Waals surface area contributed by atoms with Crippen molar-refractivity contribution in [2.75, 3.05) is 12.4 Å². The van der Waals surface area contributed by atoms with Gasteiger partial charge in [0.15, 0.2) is 6.10 Å². The van der Waals surface area contributed by atoms with Crippen LogP contribution in [-0.4, -0.2) is 24.0 Å². The van der Waals surface area contributed by atoms with E-state index in [4.69, 9.17) is 21.1 Å². The third-order valence-corrected chi connectivity index (χ3v) is 3.40. The van der Waals surface area contributed by atoms with Gasteiger partial charge in [0.1, 0.15) is 11.5 Å². The van der Waals surface area contributed by atoms with Crippen molar-refractivity contribution >= 4 is 28.9 Å². The average Bonchev–Trinajstić information content (AvgIpc) is 2.56. The molecule has 0 bridgehead atoms. The quantitative estimate of drug-likeness (QED) is 0.634. The summed E-state index contributed by atoms with van der Waals surface area (Å²) in [6, 6.07) is 10.5. The van der Waals surface area contributed by atoms with Gasteiger partial charge in [-0.25, -0.2) is 0 Å². The zero-order valence-corrected chi connectivity index (χ0v) is 13.7. The second-order valence-corrected chi connectivity index (χ2v) is 5.28. The highest BCUT2D eigenvalue weighted by atomic mass is 35.5. The Balaban J connectivity index is 2.11. The lowest BCUT2D eigenvalue weighted by Crippen LogP contribution is -2.30. The van der Waals surface area contributed by atoms with E-state index in [9.17, 15) is 14.9 Å². The largest absolute Gasteiger partial charge is 0.495 e. The Morgan fingerprint density at radius 3 is 2.50 bits per heavy atom. The van der Waals surface area contributed by atoms with Crippen molar-refractivity contribution in [3.8, 4) is 11.5 Å². The van der Waals surface area contributed by atoms with Gasteiger partial charge < -0.3 is 14.8 Å². The van der Waals surface area contributed by atoms with Gasteiger partial charge in [-0.15, -0.1) is 0 Å². The summed E-state index contributed by atoms with van der Waals surface area (Å²) >= 11 is 5.79. The summed E-state index contributed by atoms with van der Waals surface area (Å²) in [4.78, 5) is 22.6. The molecule has 0 fully saturated rings. The highest BCUT2D eigenvalue weighted by Gasteiger charge is 2.19. The molecule has 24 heavy (non-hydrogen) atoms. The molecular weight excluding hydrogens is 336 g/mol. The van der Waals surface area contributed by atoms with Gasteiger partial charge in [-0.1, -0.05) is 11.6 Å². The van der Waals surface area contributed by atoms with Gasteiger partial charge >= 0.3 is 0 Å². The van der Waals surface area contributed by atoms with E-state index in [1.54, 1.807) is 31.2 Å². The second kappa shape index (κ2) is 7.65. The maximum Gasteiger partial charge on any atom is 0.271 e. The number of hydrogen-bond acceptors (Lipinski definition) is 5. The highest BCUT2D eigenvalue weighted by molar-refractivity contribution is 6.30. The number of nitro groups is 1. The number of nitrogens with one attached hydrogen (secondary N) is 1. The number of amides is 1. The van der Waals surface area contributed by atoms with E-state index in [-0.39, 0.29) is 11.4 Å². The van der Waals surface area contributed by atoms with Crippen molar-refractivity contribution in [2.45, 2.75) is 13.0 Å². The lowest BCUT2D eigenvalue weighted by Gasteiger charge is -2.16. The first kappa shape index (κ1) is 17.6. The first-order chi connectivity index (χ1) is 11.4. The number of benzene rings is 2. The molecule has 0 aromatic heterocycles. The molecule has 1 amide bonds. The zero-order chi connectivity index (χ0) is 17.7. The Morgan fingerprint density at radius 2 is 1.92 bits per heavy atom. The average molecular weight is 351 g/mol. The Bertz CT molecular complexity index is 749. The minimum atomic E-state index is -0.824. The van der Waals surface area contributed by atoms with Gasteiger partial charge in [0.2, 0.25) is 0 Å². The minimum absolute atomic E-state index is 0.155. The number of hydrogen-bond donors (Lipinski definition) is 1. The summed E-state index contributed by atoms with van der Waals surface area (Å²) in [6.45, 7) is 1.56. The molecular formula is C16H15ClN2O5. The maximum absolute atomic E-state index is 12.2. The van der Waals surface area contributed by atoms with Crippen LogP contribution in [0.4, 0.5) is 11.4 Å². The Morgan fingerprint density at radius 1 is 1.25 bits per heavy atom. The van der Waals surface area contributed by atoms with Crippen LogP contribution in [0.1, 0.15) is 6.92 Å². The molecule has 0 aliphatic heterocycles. The number of non-ortho nitro benzene ring substituents is 1. The Kier molecular flexibility index (Phi) is 5.59. The van der Waals surface area contributed by atoms with Crippen LogP contribution in [0.25, 0.3) is 0 Å². The smallest absolute Gasteiger partial charge is 0.271 e. The third-order valence-electron chi connectivity index (χ3n) is 3.15. The van der Waals surface area contributed by atoms with Gasteiger partial charge in [-0.3, -0.25) is 14.9 Å². The standard InChI is InChI=1S/C16H15ClN2O5/c1-10(24-13-6-3-11(17)4-7-13)16(20)18-14-9-12(19(21)22)5-8-15(14)23-2/h3-10H,1-2H3,(H,18,20)/t10-/m1/s1. The van der Waals surface area contributed by atoms with Gasteiger partial charge in [-0.2, -0.15) is 0 Å². The van der Waals surface area contributed by atoms with Crippen LogP contribution in [0, 0.1) is 10.1 Å². The number of ether oxygens (including phenoxy) is 2. The van der Waals surface area contributed by atoms with E-state index in [2.05, 4.69) is 5.32 Å². The number of halogens is 1. The lowest BCUT2D eigenvalue weighted by molar-refractivity contribution is -0.384. The van der Waals surface area contributed by atoms with Crippen LogP contribution in [0.15, 0.2) is 42.5 Å². The van der Waals surface area contributed by atoms with Crippen molar-refractivity contribution in [1.82, 2.24) is 0 Å². The second-order valence-electron chi connectivity index (χ2n) is 4.84. The van der Waals surface area contributed by atoms with Crippen LogP contribution >= 0.6 is 11.6 Å². The number of carbonyl (C=O) groups excluding carboxylic acids is 1. The predicted octanol–water partition coefficient (Wildman–Crippen LogP) is 3.66. The van der Waals surface area contributed by atoms with Crippen molar-refractivity contribution in [3.63, 3.8) is 0 Å². The zero-order valence-electron chi connectivity index (χ0n) is 13.0. The number of rotatable bonds is 6. The van der Waals surface area contributed by atoms with Gasteiger partial charge in [-0.05, 0) is 37.3 Å². The molecule has 0 spiro atoms. The number of anilines is 1. The maximum atomic E-state index is 12.2. The molecule has 0 unspecified atom stereocenters. The van der Waals surface area contributed by atoms with E-state index >= 15 is 0 Å². The minimum Gasteiger partial charge on any atom is -0.495 e. The van der Waals surface area contributed by atoms with Crippen LogP contribution in [0.2, 0.25) is 5.02 Å². The molecule has 2 aromatic carbocycles. The molecule has 2 rings (SSSR count). The van der Waals surface area contributed by atoms with E-state index in [1.807, 2.05) is 0 Å². The number of carbonyl (C=O) groups is 1. The van der Waals surface area contributed by atoms with E-state index < -0.39 is 16.9 Å². The van der Waals surface area contributed by atoms with Gasteiger partial charge in [0.05, 0.1) is 17.7 Å². The summed E-state index contributed by atoms with van der Waals surface area (Å²) in [5.41, 5.74) is 0.0422. The van der Waals surface area contributed by atoms with E-state index in [0.717, 1.165) is 0 Å². The SMILES string of the molecule is COc1ccc([N+](=O)[O-])cc1NC(=O)[C@@H](C)Oc1ccc(Cl)cc1. The highest BCUT2D eigenvalue weighted by Crippen LogP contribution is 2.29. The summed E-state index contributed by atoms with van der Waals surface area (Å²) < 4.78 is 10.6. The molecule has 8 heteroatoms. The van der Waals surface area contributed by atoms with Crippen LogP contribution in [-0.2, 0) is 4.79 Å². The van der Waals surface area contributed by atoms with Crippen LogP contribution in [0.3, 0.4) is 0 Å². The summed E-state index contributed by atoms with van der Waals surface area (Å²) in [7, 11) is 1.41. The fraction of sp³-hybridized carbons (Fsp3) is 0.188. The molecule has 0 aliphatic carbocycles.